The molecule has 0 amide bonds. The summed E-state index contributed by atoms with van der Waals surface area (Å²) in [7, 11) is 1.70. The van der Waals surface area contributed by atoms with Crippen LogP contribution in [-0.2, 0) is 11.8 Å². The monoisotopic (exact) mass is 223 g/mol. The quantitative estimate of drug-likeness (QED) is 0.753. The molecule has 80 valence electrons. The van der Waals surface area contributed by atoms with Gasteiger partial charge >= 0.3 is 5.76 Å². The third-order valence-electron chi connectivity index (χ3n) is 2.50. The highest BCUT2D eigenvalue weighted by Crippen LogP contribution is 2.29. The van der Waals surface area contributed by atoms with Gasteiger partial charge in [0.2, 0.25) is 0 Å². The topological polar surface area (TPSA) is 35.1 Å². The van der Waals surface area contributed by atoms with Gasteiger partial charge in [0.25, 0.3) is 0 Å². The Morgan fingerprint density at radius 3 is 2.67 bits per heavy atom. The van der Waals surface area contributed by atoms with Gasteiger partial charge in [0, 0.05) is 11.8 Å². The Balaban J connectivity index is 2.75. The number of hydrogen-bond acceptors (Lipinski definition) is 3. The first kappa shape index (κ1) is 10.4. The molecule has 1 heterocycles. The van der Waals surface area contributed by atoms with E-state index in [0.29, 0.717) is 5.58 Å². The van der Waals surface area contributed by atoms with Crippen molar-refractivity contribution in [1.82, 2.24) is 4.57 Å². The van der Waals surface area contributed by atoms with E-state index in [-0.39, 0.29) is 10.5 Å². The van der Waals surface area contributed by atoms with Gasteiger partial charge in [-0.3, -0.25) is 4.57 Å². The van der Waals surface area contributed by atoms with Crippen molar-refractivity contribution in [1.29, 1.82) is 0 Å². The smallest absolute Gasteiger partial charge is 0.408 e. The summed E-state index contributed by atoms with van der Waals surface area (Å²) in [5.41, 5.74) is 2.48. The average Bonchev–Trinajstić information content (AvgIpc) is 2.41. The molecule has 0 radical (unpaired) electrons. The summed E-state index contributed by atoms with van der Waals surface area (Å²) in [5.74, 6) is -0.334. The third-order valence-corrected chi connectivity index (χ3v) is 2.76. The maximum absolute atomic E-state index is 11.3. The second kappa shape index (κ2) is 3.17. The predicted octanol–water partition coefficient (Wildman–Crippen LogP) is 2.30. The lowest BCUT2D eigenvalue weighted by Gasteiger charge is -2.17. The van der Waals surface area contributed by atoms with Gasteiger partial charge in [-0.15, -0.1) is 0 Å². The molecule has 0 saturated carbocycles. The highest BCUT2D eigenvalue weighted by molar-refractivity contribution is 7.81. The summed E-state index contributed by atoms with van der Waals surface area (Å²) in [6, 6.07) is 5.68. The van der Waals surface area contributed by atoms with Crippen molar-refractivity contribution in [2.24, 2.45) is 7.05 Å². The second-order valence-electron chi connectivity index (χ2n) is 4.17. The van der Waals surface area contributed by atoms with Crippen LogP contribution in [0, 0.1) is 0 Å². The molecule has 0 aliphatic rings. The largest absolute Gasteiger partial charge is 0.419 e. The molecule has 0 saturated heterocycles. The lowest BCUT2D eigenvalue weighted by molar-refractivity contribution is 0.528. The second-order valence-corrected chi connectivity index (χ2v) is 5.29. The Morgan fingerprint density at radius 2 is 2.07 bits per heavy atom. The fourth-order valence-electron chi connectivity index (χ4n) is 1.51. The molecule has 0 aliphatic carbocycles. The van der Waals surface area contributed by atoms with Crippen molar-refractivity contribution in [3.8, 4) is 0 Å². The van der Waals surface area contributed by atoms with E-state index in [1.165, 1.54) is 4.57 Å². The van der Waals surface area contributed by atoms with Gasteiger partial charge in [0.15, 0.2) is 5.58 Å². The number of aryl methyl sites for hydroxylation is 1. The molecule has 2 rings (SSSR count). The normalized spacial score (nSPS) is 12.3. The van der Waals surface area contributed by atoms with Crippen LogP contribution in [0.1, 0.15) is 19.4 Å². The van der Waals surface area contributed by atoms with Crippen LogP contribution in [0.4, 0.5) is 0 Å². The maximum atomic E-state index is 11.3. The van der Waals surface area contributed by atoms with E-state index in [1.54, 1.807) is 7.05 Å². The molecule has 0 fully saturated rings. The minimum atomic E-state index is -0.334. The molecule has 1 aromatic carbocycles. The van der Waals surface area contributed by atoms with Crippen LogP contribution in [0.5, 0.6) is 0 Å². The van der Waals surface area contributed by atoms with Crippen molar-refractivity contribution < 1.29 is 4.42 Å². The standard InChI is InChI=1S/C11H13NO2S/c1-11(2,15)7-4-5-9-8(6-7)12(3)10(13)14-9/h4-6,15H,1-3H3. The van der Waals surface area contributed by atoms with Crippen molar-refractivity contribution >= 4 is 23.7 Å². The number of benzene rings is 1. The zero-order valence-corrected chi connectivity index (χ0v) is 9.84. The molecule has 0 unspecified atom stereocenters. The third kappa shape index (κ3) is 1.69. The van der Waals surface area contributed by atoms with Crippen LogP contribution in [0.25, 0.3) is 11.1 Å². The first-order valence-electron chi connectivity index (χ1n) is 4.72. The number of aromatic nitrogens is 1. The molecule has 0 spiro atoms. The predicted molar refractivity (Wildman–Crippen MR) is 63.5 cm³/mol. The molecule has 1 aromatic heterocycles. The summed E-state index contributed by atoms with van der Waals surface area (Å²) in [5, 5.41) is 0. The van der Waals surface area contributed by atoms with E-state index >= 15 is 0 Å². The molecular weight excluding hydrogens is 210 g/mol. The number of hydrogen-bond donors (Lipinski definition) is 1. The summed E-state index contributed by atoms with van der Waals surface area (Å²) in [4.78, 5) is 11.3. The molecule has 0 N–H and O–H groups in total. The van der Waals surface area contributed by atoms with Gasteiger partial charge in [-0.2, -0.15) is 12.6 Å². The van der Waals surface area contributed by atoms with E-state index in [4.69, 9.17) is 4.42 Å². The van der Waals surface area contributed by atoms with Crippen LogP contribution in [0.3, 0.4) is 0 Å². The van der Waals surface area contributed by atoms with Gasteiger partial charge in [-0.05, 0) is 31.5 Å². The first-order chi connectivity index (χ1) is 6.89. The average molecular weight is 223 g/mol. The fraction of sp³-hybridized carbons (Fsp3) is 0.364. The minimum Gasteiger partial charge on any atom is -0.408 e. The zero-order valence-electron chi connectivity index (χ0n) is 8.94. The Kier molecular flexibility index (Phi) is 2.19. The number of oxazole rings is 1. The SMILES string of the molecule is Cn1c(=O)oc2ccc(C(C)(C)S)cc21. The Bertz CT molecular complexity index is 560. The van der Waals surface area contributed by atoms with Crippen molar-refractivity contribution in [3.05, 3.63) is 34.3 Å². The molecule has 0 atom stereocenters. The number of rotatable bonds is 1. The summed E-state index contributed by atoms with van der Waals surface area (Å²) >= 11 is 4.49. The van der Waals surface area contributed by atoms with Crippen molar-refractivity contribution in [2.75, 3.05) is 0 Å². The van der Waals surface area contributed by atoms with Gasteiger partial charge in [0.1, 0.15) is 0 Å². The molecular formula is C11H13NO2S. The Morgan fingerprint density at radius 1 is 1.40 bits per heavy atom. The van der Waals surface area contributed by atoms with E-state index in [2.05, 4.69) is 12.6 Å². The van der Waals surface area contributed by atoms with Gasteiger partial charge in [0.05, 0.1) is 5.52 Å². The van der Waals surface area contributed by atoms with E-state index in [1.807, 2.05) is 32.0 Å². The highest BCUT2D eigenvalue weighted by atomic mass is 32.1. The number of thiol groups is 1. The minimum absolute atomic E-state index is 0.221. The first-order valence-corrected chi connectivity index (χ1v) is 5.17. The lowest BCUT2D eigenvalue weighted by Crippen LogP contribution is -2.10. The molecule has 0 aliphatic heterocycles. The Labute approximate surface area is 93.1 Å². The summed E-state index contributed by atoms with van der Waals surface area (Å²) in [6.07, 6.45) is 0. The van der Waals surface area contributed by atoms with Crippen LogP contribution in [0.15, 0.2) is 27.4 Å². The van der Waals surface area contributed by atoms with Gasteiger partial charge < -0.3 is 4.42 Å². The van der Waals surface area contributed by atoms with E-state index in [0.717, 1.165) is 11.1 Å². The fourth-order valence-corrected chi connectivity index (χ4v) is 1.65. The highest BCUT2D eigenvalue weighted by Gasteiger charge is 2.16. The van der Waals surface area contributed by atoms with Gasteiger partial charge in [-0.25, -0.2) is 4.79 Å². The van der Waals surface area contributed by atoms with Gasteiger partial charge in [-0.1, -0.05) is 6.07 Å². The number of fused-ring (bicyclic) bond motifs is 1. The lowest BCUT2D eigenvalue weighted by atomic mass is 10.0. The summed E-state index contributed by atoms with van der Waals surface area (Å²) < 4.78 is 6.33. The molecule has 2 aromatic rings. The molecule has 3 nitrogen and oxygen atoms in total. The molecule has 4 heteroatoms. The van der Waals surface area contributed by atoms with Crippen molar-refractivity contribution in [3.63, 3.8) is 0 Å². The van der Waals surface area contributed by atoms with Crippen LogP contribution in [-0.4, -0.2) is 4.57 Å². The zero-order chi connectivity index (χ0) is 11.2. The van der Waals surface area contributed by atoms with E-state index in [9.17, 15) is 4.79 Å². The number of nitrogens with zero attached hydrogens (tertiary/aromatic N) is 1. The van der Waals surface area contributed by atoms with Crippen LogP contribution in [0.2, 0.25) is 0 Å². The van der Waals surface area contributed by atoms with Crippen molar-refractivity contribution in [2.45, 2.75) is 18.6 Å². The molecule has 0 bridgehead atoms. The van der Waals surface area contributed by atoms with E-state index < -0.39 is 0 Å². The maximum Gasteiger partial charge on any atom is 0.419 e. The summed E-state index contributed by atoms with van der Waals surface area (Å²) in [6.45, 7) is 4.02. The molecule has 15 heavy (non-hydrogen) atoms. The van der Waals surface area contributed by atoms with Crippen LogP contribution < -0.4 is 5.76 Å². The Hall–Kier alpha value is -1.16. The van der Waals surface area contributed by atoms with Crippen LogP contribution >= 0.6 is 12.6 Å².